The molecule has 0 aromatic heterocycles. The second-order valence-electron chi connectivity index (χ2n) is 5.22. The van der Waals surface area contributed by atoms with E-state index in [9.17, 15) is 70.7 Å². The zero-order valence-corrected chi connectivity index (χ0v) is 13.4. The first-order valence-corrected chi connectivity index (χ1v) is 6.76. The topological polar surface area (TPSA) is 26.3 Å². The summed E-state index contributed by atoms with van der Waals surface area (Å²) in [5, 5.41) is 0. The van der Waals surface area contributed by atoms with Crippen LogP contribution in [-0.2, 0) is 9.53 Å². The summed E-state index contributed by atoms with van der Waals surface area (Å²) >= 11 is 0. The van der Waals surface area contributed by atoms with Gasteiger partial charge in [0.25, 0.3) is 6.08 Å². The van der Waals surface area contributed by atoms with Gasteiger partial charge >= 0.3 is 41.9 Å². The van der Waals surface area contributed by atoms with Crippen molar-refractivity contribution >= 4 is 5.97 Å². The molecule has 0 saturated carbocycles. The fourth-order valence-electron chi connectivity index (χ4n) is 1.61. The minimum atomic E-state index is -7.76. The zero-order chi connectivity index (χ0) is 23.9. The third-order valence-electron chi connectivity index (χ3n) is 3.08. The Morgan fingerprint density at radius 3 is 1.45 bits per heavy atom. The molecule has 0 aromatic rings. The molecule has 172 valence electrons. The smallest absolute Gasteiger partial charge is 0.392 e. The molecule has 29 heavy (non-hydrogen) atoms. The van der Waals surface area contributed by atoms with Gasteiger partial charge in [-0.25, -0.2) is 4.79 Å². The average molecular weight is 468 g/mol. The van der Waals surface area contributed by atoms with Crippen LogP contribution in [0.5, 0.6) is 0 Å². The van der Waals surface area contributed by atoms with Gasteiger partial charge in [-0.2, -0.15) is 65.9 Å². The first-order valence-electron chi connectivity index (χ1n) is 6.76. The van der Waals surface area contributed by atoms with Gasteiger partial charge in [0.1, 0.15) is 0 Å². The maximum absolute atomic E-state index is 13.3. The molecule has 0 unspecified atom stereocenters. The molecule has 0 aliphatic carbocycles. The number of esters is 1. The normalized spacial score (nSPS) is 14.6. The van der Waals surface area contributed by atoms with Gasteiger partial charge in [0, 0.05) is 6.42 Å². The van der Waals surface area contributed by atoms with Crippen LogP contribution in [0.15, 0.2) is 11.7 Å². The van der Waals surface area contributed by atoms with Crippen molar-refractivity contribution in [2.45, 2.75) is 55.7 Å². The maximum atomic E-state index is 13.3. The molecular weight excluding hydrogens is 461 g/mol. The van der Waals surface area contributed by atoms with Gasteiger partial charge in [-0.1, -0.05) is 13.3 Å². The molecule has 0 aliphatic heterocycles. The lowest BCUT2D eigenvalue weighted by Crippen LogP contribution is -2.68. The van der Waals surface area contributed by atoms with Crippen LogP contribution in [0.2, 0.25) is 0 Å². The lowest BCUT2D eigenvalue weighted by molar-refractivity contribution is -0.437. The number of ether oxygens (including phenoxy) is 1. The number of alkyl halides is 13. The molecule has 0 rings (SSSR count). The molecule has 0 aromatic carbocycles. The van der Waals surface area contributed by atoms with Crippen molar-refractivity contribution in [2.24, 2.45) is 0 Å². The Kier molecular flexibility index (Phi) is 7.28. The summed E-state index contributed by atoms with van der Waals surface area (Å²) in [5.74, 6) is -32.8. The maximum Gasteiger partial charge on any atom is 0.473 e. The molecule has 0 saturated heterocycles. The van der Waals surface area contributed by atoms with Gasteiger partial charge in [0.05, 0.1) is 0 Å². The number of halogens is 15. The van der Waals surface area contributed by atoms with Crippen molar-refractivity contribution in [3.63, 3.8) is 0 Å². The zero-order valence-electron chi connectivity index (χ0n) is 13.4. The van der Waals surface area contributed by atoms with E-state index in [2.05, 4.69) is 0 Å². The van der Waals surface area contributed by atoms with Crippen molar-refractivity contribution in [3.05, 3.63) is 11.7 Å². The molecular formula is C12H7F15O2. The quantitative estimate of drug-likeness (QED) is 0.242. The highest BCUT2D eigenvalue weighted by Gasteiger charge is 2.87. The van der Waals surface area contributed by atoms with Crippen molar-refractivity contribution in [1.82, 2.24) is 0 Å². The van der Waals surface area contributed by atoms with E-state index in [0.29, 0.717) is 6.92 Å². The number of hydrogen-bond acceptors (Lipinski definition) is 2. The third-order valence-corrected chi connectivity index (χ3v) is 3.08. The van der Waals surface area contributed by atoms with Crippen LogP contribution < -0.4 is 0 Å². The van der Waals surface area contributed by atoms with Gasteiger partial charge in [-0.15, -0.1) is 0 Å². The summed E-state index contributed by atoms with van der Waals surface area (Å²) in [6.07, 6.45) is -21.3. The Morgan fingerprint density at radius 2 is 1.14 bits per heavy atom. The molecule has 0 N–H and O–H groups in total. The Morgan fingerprint density at radius 1 is 0.724 bits per heavy atom. The highest BCUT2D eigenvalue weighted by Crippen LogP contribution is 2.58. The minimum Gasteiger partial charge on any atom is -0.392 e. The number of carbonyl (C=O) groups excluding carboxylic acids is 1. The highest BCUT2D eigenvalue weighted by molar-refractivity contribution is 5.90. The molecule has 0 radical (unpaired) electrons. The summed E-state index contributed by atoms with van der Waals surface area (Å²) < 4.78 is 195. The number of carbonyl (C=O) groups is 1. The van der Waals surface area contributed by atoms with Gasteiger partial charge in [-0.3, -0.25) is 0 Å². The molecule has 0 aliphatic rings. The minimum absolute atomic E-state index is 0.688. The van der Waals surface area contributed by atoms with Crippen LogP contribution >= 0.6 is 0 Å². The van der Waals surface area contributed by atoms with Crippen molar-refractivity contribution in [2.75, 3.05) is 0 Å². The standard InChI is InChI=1S/C12H7F15O2/c1-2-3-7(15,16)9(20,21)10(22,23)11(24,25)12(26,27)29-6(28)4(5(13)14)8(17,18)19/h2-3H2,1H3. The van der Waals surface area contributed by atoms with Crippen LogP contribution in [0.25, 0.3) is 0 Å². The second-order valence-corrected chi connectivity index (χ2v) is 5.22. The Balaban J connectivity index is 6.22. The van der Waals surface area contributed by atoms with Crippen LogP contribution in [0.3, 0.4) is 0 Å². The van der Waals surface area contributed by atoms with E-state index in [4.69, 9.17) is 0 Å². The molecule has 17 heteroatoms. The van der Waals surface area contributed by atoms with E-state index in [1.54, 1.807) is 0 Å². The van der Waals surface area contributed by atoms with Gasteiger partial charge < -0.3 is 4.74 Å². The predicted molar refractivity (Wildman–Crippen MR) is 61.0 cm³/mol. The van der Waals surface area contributed by atoms with Gasteiger partial charge in [-0.05, 0) is 0 Å². The molecule has 2 nitrogen and oxygen atoms in total. The van der Waals surface area contributed by atoms with Gasteiger partial charge in [0.15, 0.2) is 0 Å². The van der Waals surface area contributed by atoms with E-state index in [-0.39, 0.29) is 0 Å². The Hall–Kier alpha value is -1.84. The first kappa shape index (κ1) is 27.2. The van der Waals surface area contributed by atoms with Gasteiger partial charge in [0.2, 0.25) is 5.57 Å². The van der Waals surface area contributed by atoms with E-state index >= 15 is 0 Å². The second kappa shape index (κ2) is 7.77. The van der Waals surface area contributed by atoms with Crippen molar-refractivity contribution in [3.8, 4) is 0 Å². The summed E-state index contributed by atoms with van der Waals surface area (Å²) in [4.78, 5) is 10.7. The Labute approximate surface area is 150 Å². The van der Waals surface area contributed by atoms with Crippen LogP contribution in [0.4, 0.5) is 65.9 Å². The van der Waals surface area contributed by atoms with E-state index in [1.807, 2.05) is 4.74 Å². The monoisotopic (exact) mass is 468 g/mol. The summed E-state index contributed by atoms with van der Waals surface area (Å²) in [6, 6.07) is 0. The Bertz CT molecular complexity index is 642. The van der Waals surface area contributed by atoms with E-state index in [0.717, 1.165) is 0 Å². The summed E-state index contributed by atoms with van der Waals surface area (Å²) in [5.41, 5.74) is -3.95. The van der Waals surface area contributed by atoms with Crippen LogP contribution in [-0.4, -0.2) is 41.9 Å². The fourth-order valence-corrected chi connectivity index (χ4v) is 1.61. The van der Waals surface area contributed by atoms with Crippen LogP contribution in [0.1, 0.15) is 19.8 Å². The number of hydrogen-bond donors (Lipinski definition) is 0. The van der Waals surface area contributed by atoms with E-state index < -0.39 is 66.4 Å². The molecule has 0 spiro atoms. The molecule has 0 bridgehead atoms. The first-order chi connectivity index (χ1) is 12.5. The van der Waals surface area contributed by atoms with E-state index in [1.165, 1.54) is 0 Å². The average Bonchev–Trinajstić information content (AvgIpc) is 2.43. The van der Waals surface area contributed by atoms with Crippen LogP contribution in [0, 0.1) is 0 Å². The molecule has 0 atom stereocenters. The number of rotatable bonds is 8. The third kappa shape index (κ3) is 4.67. The SMILES string of the molecule is CCCC(F)(F)C(F)(F)C(F)(F)C(F)(F)C(F)(F)OC(=O)C(=C(F)F)C(F)(F)F. The summed E-state index contributed by atoms with van der Waals surface area (Å²) in [7, 11) is 0. The largest absolute Gasteiger partial charge is 0.473 e. The molecule has 0 amide bonds. The highest BCUT2D eigenvalue weighted by atomic mass is 19.4. The summed E-state index contributed by atoms with van der Waals surface area (Å²) in [6.45, 7) is 0.688. The van der Waals surface area contributed by atoms with Crippen molar-refractivity contribution < 1.29 is 75.4 Å². The molecule has 0 heterocycles. The lowest BCUT2D eigenvalue weighted by Gasteiger charge is -2.38. The lowest BCUT2D eigenvalue weighted by atomic mass is 9.95. The predicted octanol–water partition coefficient (Wildman–Crippen LogP) is 6.18. The molecule has 0 fully saturated rings. The van der Waals surface area contributed by atoms with Crippen molar-refractivity contribution in [1.29, 1.82) is 0 Å². The fraction of sp³-hybridized carbons (Fsp3) is 0.750.